The Morgan fingerprint density at radius 3 is 2.48 bits per heavy atom. The van der Waals surface area contributed by atoms with Crippen molar-refractivity contribution in [3.8, 4) is 11.5 Å². The fourth-order valence-electron chi connectivity index (χ4n) is 2.56. The normalized spacial score (nSPS) is 16.5. The third-order valence-electron chi connectivity index (χ3n) is 4.14. The predicted octanol–water partition coefficient (Wildman–Crippen LogP) is 3.36. The molecular weight excluding hydrogens is 388 g/mol. The van der Waals surface area contributed by atoms with Gasteiger partial charge in [0.1, 0.15) is 11.5 Å². The standard InChI is InChI=1S/C21H22N4O3S/c1-25(2)16-8-5-14(6-9-16)11-19-20(26)23-21(29-19)24-22-13-15-7-10-17(27-3)12-18(15)28-4/h5-13H,1-4H3,(H,23,24,26)/b19-11+,22-13+. The van der Waals surface area contributed by atoms with Gasteiger partial charge in [-0.15, -0.1) is 5.10 Å². The van der Waals surface area contributed by atoms with E-state index in [0.717, 1.165) is 16.8 Å². The van der Waals surface area contributed by atoms with E-state index >= 15 is 0 Å². The van der Waals surface area contributed by atoms with Gasteiger partial charge in [-0.1, -0.05) is 12.1 Å². The van der Waals surface area contributed by atoms with E-state index < -0.39 is 0 Å². The number of amidine groups is 1. The summed E-state index contributed by atoms with van der Waals surface area (Å²) in [5.41, 5.74) is 2.80. The summed E-state index contributed by atoms with van der Waals surface area (Å²) in [6, 6.07) is 13.4. The largest absolute Gasteiger partial charge is 0.497 e. The molecule has 1 amide bonds. The van der Waals surface area contributed by atoms with Gasteiger partial charge in [0.15, 0.2) is 5.17 Å². The molecule has 0 bridgehead atoms. The molecule has 0 unspecified atom stereocenters. The summed E-state index contributed by atoms with van der Waals surface area (Å²) < 4.78 is 10.5. The van der Waals surface area contributed by atoms with Gasteiger partial charge in [-0.3, -0.25) is 10.1 Å². The van der Waals surface area contributed by atoms with E-state index in [2.05, 4.69) is 15.5 Å². The van der Waals surface area contributed by atoms with Crippen LogP contribution in [0.3, 0.4) is 0 Å². The summed E-state index contributed by atoms with van der Waals surface area (Å²) in [7, 11) is 7.14. The molecule has 1 heterocycles. The molecule has 2 aromatic rings. The minimum Gasteiger partial charge on any atom is -0.497 e. The van der Waals surface area contributed by atoms with Gasteiger partial charge >= 0.3 is 0 Å². The number of rotatable bonds is 6. The molecule has 1 aliphatic rings. The van der Waals surface area contributed by atoms with Gasteiger partial charge < -0.3 is 14.4 Å². The SMILES string of the molecule is COc1ccc(/C=N/N=C2\NC(=O)/C(=C\c3ccc(N(C)C)cc3)S2)c(OC)c1. The summed E-state index contributed by atoms with van der Waals surface area (Å²) in [6.07, 6.45) is 3.40. The maximum atomic E-state index is 12.2. The van der Waals surface area contributed by atoms with Crippen LogP contribution in [0, 0.1) is 0 Å². The van der Waals surface area contributed by atoms with Gasteiger partial charge in [-0.05, 0) is 47.7 Å². The lowest BCUT2D eigenvalue weighted by atomic mass is 10.2. The topological polar surface area (TPSA) is 75.5 Å². The minimum absolute atomic E-state index is 0.192. The number of amides is 1. The zero-order valence-electron chi connectivity index (χ0n) is 16.7. The monoisotopic (exact) mass is 410 g/mol. The molecule has 1 aliphatic heterocycles. The Morgan fingerprint density at radius 2 is 1.83 bits per heavy atom. The quantitative estimate of drug-likeness (QED) is 0.449. The number of methoxy groups -OCH3 is 2. The van der Waals surface area contributed by atoms with E-state index in [1.54, 1.807) is 26.5 Å². The van der Waals surface area contributed by atoms with Gasteiger partial charge in [-0.2, -0.15) is 5.10 Å². The third-order valence-corrected chi connectivity index (χ3v) is 5.04. The van der Waals surface area contributed by atoms with Crippen LogP contribution in [-0.4, -0.2) is 45.6 Å². The second-order valence-corrected chi connectivity index (χ2v) is 7.34. The van der Waals surface area contributed by atoms with Gasteiger partial charge in [0.2, 0.25) is 0 Å². The average molecular weight is 410 g/mol. The van der Waals surface area contributed by atoms with Crippen molar-refractivity contribution in [3.63, 3.8) is 0 Å². The highest BCUT2D eigenvalue weighted by Crippen LogP contribution is 2.27. The molecule has 8 heteroatoms. The summed E-state index contributed by atoms with van der Waals surface area (Å²) >= 11 is 1.25. The molecule has 0 radical (unpaired) electrons. The molecule has 29 heavy (non-hydrogen) atoms. The highest BCUT2D eigenvalue weighted by atomic mass is 32.2. The first-order valence-corrected chi connectivity index (χ1v) is 9.63. The smallest absolute Gasteiger partial charge is 0.264 e. The van der Waals surface area contributed by atoms with Crippen LogP contribution in [0.15, 0.2) is 57.6 Å². The first kappa shape index (κ1) is 20.5. The molecule has 150 valence electrons. The Labute approximate surface area is 174 Å². The maximum absolute atomic E-state index is 12.2. The maximum Gasteiger partial charge on any atom is 0.264 e. The lowest BCUT2D eigenvalue weighted by Gasteiger charge is -2.11. The van der Waals surface area contributed by atoms with Crippen molar-refractivity contribution in [1.82, 2.24) is 5.32 Å². The lowest BCUT2D eigenvalue weighted by Crippen LogP contribution is -2.19. The second kappa shape index (κ2) is 9.29. The fraction of sp³-hybridized carbons (Fsp3) is 0.190. The van der Waals surface area contributed by atoms with Gasteiger partial charge in [0.05, 0.1) is 25.3 Å². The Morgan fingerprint density at radius 1 is 1.07 bits per heavy atom. The number of benzene rings is 2. The summed E-state index contributed by atoms with van der Waals surface area (Å²) in [4.78, 5) is 14.8. The summed E-state index contributed by atoms with van der Waals surface area (Å²) in [5, 5.41) is 11.3. The fourth-order valence-corrected chi connectivity index (χ4v) is 3.34. The third kappa shape index (κ3) is 5.17. The van der Waals surface area contributed by atoms with Crippen LogP contribution in [0.4, 0.5) is 5.69 Å². The van der Waals surface area contributed by atoms with Crippen molar-refractivity contribution < 1.29 is 14.3 Å². The molecule has 0 aliphatic carbocycles. The van der Waals surface area contributed by atoms with Crippen molar-refractivity contribution >= 4 is 40.8 Å². The molecule has 1 N–H and O–H groups in total. The molecule has 1 fully saturated rings. The number of nitrogens with zero attached hydrogens (tertiary/aromatic N) is 3. The first-order chi connectivity index (χ1) is 14.0. The molecule has 1 saturated heterocycles. The molecule has 7 nitrogen and oxygen atoms in total. The number of nitrogens with one attached hydrogen (secondary N) is 1. The highest BCUT2D eigenvalue weighted by molar-refractivity contribution is 8.18. The minimum atomic E-state index is -0.192. The van der Waals surface area contributed by atoms with Crippen LogP contribution in [0.1, 0.15) is 11.1 Å². The zero-order valence-corrected chi connectivity index (χ0v) is 17.5. The van der Waals surface area contributed by atoms with Crippen molar-refractivity contribution in [2.24, 2.45) is 10.2 Å². The van der Waals surface area contributed by atoms with Crippen LogP contribution in [0.5, 0.6) is 11.5 Å². The number of carbonyl (C=O) groups is 1. The average Bonchev–Trinajstić information content (AvgIpc) is 3.07. The van der Waals surface area contributed by atoms with E-state index in [4.69, 9.17) is 9.47 Å². The molecule has 2 aromatic carbocycles. The zero-order chi connectivity index (χ0) is 20.8. The Hall–Kier alpha value is -3.26. The van der Waals surface area contributed by atoms with Gasteiger partial charge in [0, 0.05) is 31.4 Å². The molecule has 0 atom stereocenters. The predicted molar refractivity (Wildman–Crippen MR) is 119 cm³/mol. The number of hydrogen-bond acceptors (Lipinski definition) is 7. The van der Waals surface area contributed by atoms with E-state index in [-0.39, 0.29) is 5.91 Å². The number of carbonyl (C=O) groups excluding carboxylic acids is 1. The number of hydrogen-bond donors (Lipinski definition) is 1. The molecule has 0 saturated carbocycles. The lowest BCUT2D eigenvalue weighted by molar-refractivity contribution is -0.115. The number of thioether (sulfide) groups is 1. The van der Waals surface area contributed by atoms with Crippen LogP contribution >= 0.6 is 11.8 Å². The van der Waals surface area contributed by atoms with Crippen LogP contribution in [0.25, 0.3) is 6.08 Å². The van der Waals surface area contributed by atoms with Crippen LogP contribution in [-0.2, 0) is 4.79 Å². The van der Waals surface area contributed by atoms with E-state index in [0.29, 0.717) is 21.6 Å². The second-order valence-electron chi connectivity index (χ2n) is 6.31. The van der Waals surface area contributed by atoms with Gasteiger partial charge in [0.25, 0.3) is 5.91 Å². The van der Waals surface area contributed by atoms with E-state index in [1.807, 2.05) is 61.5 Å². The first-order valence-electron chi connectivity index (χ1n) is 8.81. The highest BCUT2D eigenvalue weighted by Gasteiger charge is 2.23. The molecule has 3 rings (SSSR count). The van der Waals surface area contributed by atoms with Crippen molar-refractivity contribution in [2.45, 2.75) is 0 Å². The molecular formula is C21H22N4O3S. The van der Waals surface area contributed by atoms with Crippen LogP contribution < -0.4 is 19.7 Å². The van der Waals surface area contributed by atoms with Crippen LogP contribution in [0.2, 0.25) is 0 Å². The summed E-state index contributed by atoms with van der Waals surface area (Å²) in [5.74, 6) is 1.12. The van der Waals surface area contributed by atoms with Crippen molar-refractivity contribution in [2.75, 3.05) is 33.2 Å². The van der Waals surface area contributed by atoms with Crippen molar-refractivity contribution in [3.05, 3.63) is 58.5 Å². The Kier molecular flexibility index (Phi) is 6.56. The molecule has 0 aromatic heterocycles. The van der Waals surface area contributed by atoms with Crippen molar-refractivity contribution in [1.29, 1.82) is 0 Å². The van der Waals surface area contributed by atoms with E-state index in [1.165, 1.54) is 11.8 Å². The Bertz CT molecular complexity index is 982. The van der Waals surface area contributed by atoms with Gasteiger partial charge in [-0.25, -0.2) is 0 Å². The summed E-state index contributed by atoms with van der Waals surface area (Å²) in [6.45, 7) is 0. The number of anilines is 1. The Balaban J connectivity index is 1.71. The van der Waals surface area contributed by atoms with E-state index in [9.17, 15) is 4.79 Å². The number of ether oxygens (including phenoxy) is 2. The molecule has 0 spiro atoms.